The summed E-state index contributed by atoms with van der Waals surface area (Å²) in [6.07, 6.45) is 0. The Kier molecular flexibility index (Phi) is 4.44. The van der Waals surface area contributed by atoms with E-state index in [1.165, 1.54) is 18.2 Å². The molecule has 0 atom stereocenters. The minimum atomic E-state index is -0.633. The molecular formula is C11H12FNO3. The first-order chi connectivity index (χ1) is 7.65. The summed E-state index contributed by atoms with van der Waals surface area (Å²) in [5.74, 6) is -1.80. The normalized spacial score (nSPS) is 9.62. The first kappa shape index (κ1) is 12.2. The lowest BCUT2D eigenvalue weighted by Gasteiger charge is -2.05. The van der Waals surface area contributed by atoms with Gasteiger partial charge < -0.3 is 10.1 Å². The van der Waals surface area contributed by atoms with Crippen LogP contribution in [0.1, 0.15) is 17.3 Å². The third-order valence-corrected chi connectivity index (χ3v) is 1.82. The fourth-order valence-corrected chi connectivity index (χ4v) is 1.11. The summed E-state index contributed by atoms with van der Waals surface area (Å²) in [5.41, 5.74) is -0.0909. The monoisotopic (exact) mass is 225 g/mol. The molecule has 86 valence electrons. The topological polar surface area (TPSA) is 55.4 Å². The number of hydrogen-bond acceptors (Lipinski definition) is 3. The van der Waals surface area contributed by atoms with Crippen LogP contribution in [-0.4, -0.2) is 25.0 Å². The number of carbonyl (C=O) groups excluding carboxylic acids is 2. The average molecular weight is 225 g/mol. The van der Waals surface area contributed by atoms with E-state index in [1.807, 2.05) is 0 Å². The standard InChI is InChI=1S/C11H12FNO3/c1-2-16-10(14)7-13-11(15)8-5-3-4-6-9(8)12/h3-6H,2,7H2,1H3,(H,13,15). The van der Waals surface area contributed by atoms with Gasteiger partial charge in [0, 0.05) is 0 Å². The van der Waals surface area contributed by atoms with Gasteiger partial charge in [0.2, 0.25) is 0 Å². The number of carbonyl (C=O) groups is 2. The summed E-state index contributed by atoms with van der Waals surface area (Å²) in [6.45, 7) is 1.64. The largest absolute Gasteiger partial charge is 0.465 e. The predicted molar refractivity (Wildman–Crippen MR) is 55.4 cm³/mol. The highest BCUT2D eigenvalue weighted by Gasteiger charge is 2.11. The zero-order valence-corrected chi connectivity index (χ0v) is 8.83. The fraction of sp³-hybridized carbons (Fsp3) is 0.273. The van der Waals surface area contributed by atoms with Crippen molar-refractivity contribution in [1.29, 1.82) is 0 Å². The Morgan fingerprint density at radius 1 is 1.38 bits per heavy atom. The number of benzene rings is 1. The molecule has 4 nitrogen and oxygen atoms in total. The van der Waals surface area contributed by atoms with Gasteiger partial charge in [0.1, 0.15) is 12.4 Å². The molecular weight excluding hydrogens is 213 g/mol. The third-order valence-electron chi connectivity index (χ3n) is 1.82. The minimum absolute atomic E-state index is 0.0909. The molecule has 0 spiro atoms. The molecule has 1 amide bonds. The van der Waals surface area contributed by atoms with Crippen LogP contribution in [0.5, 0.6) is 0 Å². The first-order valence-corrected chi connectivity index (χ1v) is 4.83. The van der Waals surface area contributed by atoms with Crippen molar-refractivity contribution in [2.75, 3.05) is 13.2 Å². The molecule has 0 saturated carbocycles. The highest BCUT2D eigenvalue weighted by molar-refractivity contribution is 5.96. The number of nitrogens with one attached hydrogen (secondary N) is 1. The van der Waals surface area contributed by atoms with Gasteiger partial charge in [-0.15, -0.1) is 0 Å². The van der Waals surface area contributed by atoms with E-state index in [2.05, 4.69) is 10.1 Å². The van der Waals surface area contributed by atoms with Gasteiger partial charge in [-0.3, -0.25) is 9.59 Å². The van der Waals surface area contributed by atoms with E-state index in [9.17, 15) is 14.0 Å². The molecule has 0 bridgehead atoms. The number of hydrogen-bond donors (Lipinski definition) is 1. The summed E-state index contributed by atoms with van der Waals surface area (Å²) in [6, 6.07) is 5.55. The van der Waals surface area contributed by atoms with Crippen molar-refractivity contribution in [3.63, 3.8) is 0 Å². The molecule has 5 heteroatoms. The molecule has 0 aromatic heterocycles. The maximum Gasteiger partial charge on any atom is 0.325 e. The smallest absolute Gasteiger partial charge is 0.325 e. The summed E-state index contributed by atoms with van der Waals surface area (Å²) in [5, 5.41) is 2.27. The Hall–Kier alpha value is -1.91. The molecule has 0 heterocycles. The van der Waals surface area contributed by atoms with Crippen molar-refractivity contribution in [2.24, 2.45) is 0 Å². The maximum absolute atomic E-state index is 13.1. The van der Waals surface area contributed by atoms with Gasteiger partial charge in [0.25, 0.3) is 5.91 Å². The second-order valence-electron chi connectivity index (χ2n) is 2.97. The van der Waals surface area contributed by atoms with Crippen LogP contribution in [0.3, 0.4) is 0 Å². The van der Waals surface area contributed by atoms with Crippen LogP contribution in [-0.2, 0) is 9.53 Å². The van der Waals surface area contributed by atoms with Crippen molar-refractivity contribution >= 4 is 11.9 Å². The van der Waals surface area contributed by atoms with E-state index in [1.54, 1.807) is 13.0 Å². The Labute approximate surface area is 92.4 Å². The lowest BCUT2D eigenvalue weighted by atomic mass is 10.2. The Morgan fingerprint density at radius 2 is 2.06 bits per heavy atom. The molecule has 1 aromatic carbocycles. The second-order valence-corrected chi connectivity index (χ2v) is 2.97. The maximum atomic E-state index is 13.1. The van der Waals surface area contributed by atoms with Gasteiger partial charge in [-0.2, -0.15) is 0 Å². The lowest BCUT2D eigenvalue weighted by Crippen LogP contribution is -2.31. The lowest BCUT2D eigenvalue weighted by molar-refractivity contribution is -0.141. The number of ether oxygens (including phenoxy) is 1. The summed E-state index contributed by atoms with van der Waals surface area (Å²) in [4.78, 5) is 22.3. The van der Waals surface area contributed by atoms with Crippen molar-refractivity contribution in [3.8, 4) is 0 Å². The summed E-state index contributed by atoms with van der Waals surface area (Å²) < 4.78 is 17.7. The molecule has 0 unspecified atom stereocenters. The van der Waals surface area contributed by atoms with Crippen LogP contribution in [0.25, 0.3) is 0 Å². The minimum Gasteiger partial charge on any atom is -0.465 e. The molecule has 1 aromatic rings. The Morgan fingerprint density at radius 3 is 2.69 bits per heavy atom. The van der Waals surface area contributed by atoms with Gasteiger partial charge in [-0.1, -0.05) is 12.1 Å². The van der Waals surface area contributed by atoms with Crippen LogP contribution < -0.4 is 5.32 Å². The fourth-order valence-electron chi connectivity index (χ4n) is 1.11. The van der Waals surface area contributed by atoms with E-state index in [-0.39, 0.29) is 18.7 Å². The van der Waals surface area contributed by atoms with Crippen LogP contribution in [0, 0.1) is 5.82 Å². The van der Waals surface area contributed by atoms with E-state index in [4.69, 9.17) is 0 Å². The van der Waals surface area contributed by atoms with Gasteiger partial charge in [0.15, 0.2) is 0 Å². The highest BCUT2D eigenvalue weighted by atomic mass is 19.1. The van der Waals surface area contributed by atoms with Crippen LogP contribution in [0.4, 0.5) is 4.39 Å². The molecule has 1 rings (SSSR count). The molecule has 16 heavy (non-hydrogen) atoms. The number of rotatable bonds is 4. The Bertz CT molecular complexity index is 393. The zero-order chi connectivity index (χ0) is 12.0. The van der Waals surface area contributed by atoms with Gasteiger partial charge in [-0.05, 0) is 19.1 Å². The van der Waals surface area contributed by atoms with Gasteiger partial charge in [-0.25, -0.2) is 4.39 Å². The third kappa shape index (κ3) is 3.34. The van der Waals surface area contributed by atoms with E-state index < -0.39 is 17.7 Å². The Balaban J connectivity index is 2.54. The number of halogens is 1. The molecule has 0 fully saturated rings. The molecule has 1 N–H and O–H groups in total. The SMILES string of the molecule is CCOC(=O)CNC(=O)c1ccccc1F. The second kappa shape index (κ2) is 5.85. The van der Waals surface area contributed by atoms with Gasteiger partial charge in [0.05, 0.1) is 12.2 Å². The highest BCUT2D eigenvalue weighted by Crippen LogP contribution is 2.05. The molecule has 0 aliphatic heterocycles. The van der Waals surface area contributed by atoms with Crippen LogP contribution in [0.15, 0.2) is 24.3 Å². The van der Waals surface area contributed by atoms with Crippen molar-refractivity contribution < 1.29 is 18.7 Å². The quantitative estimate of drug-likeness (QED) is 0.781. The molecule has 0 aliphatic rings. The molecule has 0 aliphatic carbocycles. The molecule has 0 saturated heterocycles. The summed E-state index contributed by atoms with van der Waals surface area (Å²) >= 11 is 0. The van der Waals surface area contributed by atoms with Crippen LogP contribution in [0.2, 0.25) is 0 Å². The van der Waals surface area contributed by atoms with Crippen LogP contribution >= 0.6 is 0 Å². The van der Waals surface area contributed by atoms with Crippen molar-refractivity contribution in [3.05, 3.63) is 35.6 Å². The van der Waals surface area contributed by atoms with E-state index >= 15 is 0 Å². The van der Waals surface area contributed by atoms with Crippen molar-refractivity contribution in [1.82, 2.24) is 5.32 Å². The first-order valence-electron chi connectivity index (χ1n) is 4.83. The number of esters is 1. The van der Waals surface area contributed by atoms with E-state index in [0.29, 0.717) is 0 Å². The average Bonchev–Trinajstić information content (AvgIpc) is 2.27. The number of amides is 1. The zero-order valence-electron chi connectivity index (χ0n) is 8.83. The van der Waals surface area contributed by atoms with Crippen molar-refractivity contribution in [2.45, 2.75) is 6.92 Å². The predicted octanol–water partition coefficient (Wildman–Crippen LogP) is 1.12. The summed E-state index contributed by atoms with van der Waals surface area (Å²) in [7, 11) is 0. The van der Waals surface area contributed by atoms with E-state index in [0.717, 1.165) is 0 Å². The van der Waals surface area contributed by atoms with Gasteiger partial charge >= 0.3 is 5.97 Å². The molecule has 0 radical (unpaired) electrons.